The van der Waals surface area contributed by atoms with Gasteiger partial charge in [-0.15, -0.1) is 0 Å². The molecule has 0 bridgehead atoms. The predicted octanol–water partition coefficient (Wildman–Crippen LogP) is 1.89. The molecule has 8 nitrogen and oxygen atoms in total. The molecule has 1 aromatic rings. The smallest absolute Gasteiger partial charge is 0.308 e. The van der Waals surface area contributed by atoms with E-state index in [1.807, 2.05) is 0 Å². The van der Waals surface area contributed by atoms with E-state index in [9.17, 15) is 18.0 Å². The van der Waals surface area contributed by atoms with Gasteiger partial charge in [-0.2, -0.15) is 4.31 Å². The summed E-state index contributed by atoms with van der Waals surface area (Å²) < 4.78 is 37.6. The highest BCUT2D eigenvalue weighted by atomic mass is 32.2. The molecule has 1 aromatic carbocycles. The number of rotatable bonds is 5. The number of ether oxygens (including phenoxy) is 2. The van der Waals surface area contributed by atoms with Gasteiger partial charge in [0.15, 0.2) is 0 Å². The first-order chi connectivity index (χ1) is 13.9. The normalized spacial score (nSPS) is 19.0. The SMILES string of the molecule is COC(=O)C1CCN(C(=O)c2cc(S(=O)(=O)N3CCCCC3)ccc2OC)CC1. The molecule has 0 saturated carbocycles. The maximum Gasteiger partial charge on any atom is 0.308 e. The van der Waals surface area contributed by atoms with Crippen molar-refractivity contribution in [3.63, 3.8) is 0 Å². The number of sulfonamides is 1. The maximum absolute atomic E-state index is 13.1. The minimum absolute atomic E-state index is 0.105. The first-order valence-electron chi connectivity index (χ1n) is 9.93. The van der Waals surface area contributed by atoms with Crippen molar-refractivity contribution < 1.29 is 27.5 Å². The Morgan fingerprint density at radius 2 is 1.66 bits per heavy atom. The number of hydrogen-bond donors (Lipinski definition) is 0. The van der Waals surface area contributed by atoms with Crippen LogP contribution in [0.5, 0.6) is 5.75 Å². The fraction of sp³-hybridized carbons (Fsp3) is 0.600. The molecular formula is C20H28N2O6S. The standard InChI is InChI=1S/C20H28N2O6S/c1-27-18-7-6-16(29(25,26)22-10-4-3-5-11-22)14-17(18)19(23)21-12-8-15(9-13-21)20(24)28-2/h6-7,14-15H,3-5,8-13H2,1-2H3. The molecule has 2 aliphatic rings. The Labute approximate surface area is 171 Å². The van der Waals surface area contributed by atoms with Crippen LogP contribution in [0.3, 0.4) is 0 Å². The van der Waals surface area contributed by atoms with Crippen LogP contribution in [0.15, 0.2) is 23.1 Å². The van der Waals surface area contributed by atoms with Gasteiger partial charge in [0.25, 0.3) is 5.91 Å². The minimum atomic E-state index is -3.65. The largest absolute Gasteiger partial charge is 0.496 e. The van der Waals surface area contributed by atoms with E-state index in [1.54, 1.807) is 4.90 Å². The van der Waals surface area contributed by atoms with Crippen LogP contribution >= 0.6 is 0 Å². The van der Waals surface area contributed by atoms with Gasteiger partial charge in [-0.05, 0) is 43.9 Å². The van der Waals surface area contributed by atoms with E-state index in [-0.39, 0.29) is 28.3 Å². The average Bonchev–Trinajstić information content (AvgIpc) is 2.78. The quantitative estimate of drug-likeness (QED) is 0.670. The molecule has 0 aromatic heterocycles. The zero-order valence-corrected chi connectivity index (χ0v) is 17.7. The monoisotopic (exact) mass is 424 g/mol. The highest BCUT2D eigenvalue weighted by molar-refractivity contribution is 7.89. The van der Waals surface area contributed by atoms with Gasteiger partial charge in [0.05, 0.1) is 30.6 Å². The lowest BCUT2D eigenvalue weighted by Gasteiger charge is -2.31. The molecule has 0 spiro atoms. The van der Waals surface area contributed by atoms with Crippen LogP contribution in [0.2, 0.25) is 0 Å². The molecule has 1 amide bonds. The number of likely N-dealkylation sites (tertiary alicyclic amines) is 1. The number of esters is 1. The highest BCUT2D eigenvalue weighted by Crippen LogP contribution is 2.29. The minimum Gasteiger partial charge on any atom is -0.496 e. The summed E-state index contributed by atoms with van der Waals surface area (Å²) in [6.45, 7) is 1.81. The Morgan fingerprint density at radius 1 is 1.00 bits per heavy atom. The van der Waals surface area contributed by atoms with E-state index in [0.29, 0.717) is 44.8 Å². The van der Waals surface area contributed by atoms with Gasteiger partial charge in [0.2, 0.25) is 10.0 Å². The summed E-state index contributed by atoms with van der Waals surface area (Å²) >= 11 is 0. The molecule has 2 aliphatic heterocycles. The number of carbonyl (C=O) groups is 2. The Balaban J connectivity index is 1.82. The lowest BCUT2D eigenvalue weighted by Crippen LogP contribution is -2.40. The lowest BCUT2D eigenvalue weighted by molar-refractivity contribution is -0.146. The molecular weight excluding hydrogens is 396 g/mol. The van der Waals surface area contributed by atoms with E-state index in [1.165, 1.54) is 36.7 Å². The van der Waals surface area contributed by atoms with Crippen molar-refractivity contribution in [3.8, 4) is 5.75 Å². The van der Waals surface area contributed by atoms with Gasteiger partial charge < -0.3 is 14.4 Å². The molecule has 0 unspecified atom stereocenters. The second-order valence-electron chi connectivity index (χ2n) is 7.42. The number of benzene rings is 1. The first kappa shape index (κ1) is 21.6. The van der Waals surface area contributed by atoms with Gasteiger partial charge in [-0.3, -0.25) is 9.59 Å². The Hall–Kier alpha value is -2.13. The molecule has 2 heterocycles. The van der Waals surface area contributed by atoms with Gasteiger partial charge in [0, 0.05) is 26.2 Å². The number of methoxy groups -OCH3 is 2. The van der Waals surface area contributed by atoms with Gasteiger partial charge in [0.1, 0.15) is 5.75 Å². The summed E-state index contributed by atoms with van der Waals surface area (Å²) in [6, 6.07) is 4.44. The van der Waals surface area contributed by atoms with Crippen molar-refractivity contribution in [1.82, 2.24) is 9.21 Å². The molecule has 0 radical (unpaired) electrons. The number of piperidine rings is 2. The zero-order valence-electron chi connectivity index (χ0n) is 16.9. The summed E-state index contributed by atoms with van der Waals surface area (Å²) in [5.74, 6) is -0.426. The van der Waals surface area contributed by atoms with Crippen LogP contribution in [-0.2, 0) is 19.6 Å². The molecule has 0 N–H and O–H groups in total. The Bertz CT molecular complexity index is 856. The van der Waals surface area contributed by atoms with Crippen molar-refractivity contribution in [2.24, 2.45) is 5.92 Å². The van der Waals surface area contributed by atoms with Crippen molar-refractivity contribution in [1.29, 1.82) is 0 Å². The molecule has 0 atom stereocenters. The summed E-state index contributed by atoms with van der Waals surface area (Å²) in [5.41, 5.74) is 0.224. The summed E-state index contributed by atoms with van der Waals surface area (Å²) in [6.07, 6.45) is 3.76. The summed E-state index contributed by atoms with van der Waals surface area (Å²) in [5, 5.41) is 0. The third-order valence-corrected chi connectivity index (χ3v) is 7.57. The highest BCUT2D eigenvalue weighted by Gasteiger charge is 2.31. The van der Waals surface area contributed by atoms with Crippen LogP contribution in [0.25, 0.3) is 0 Å². The van der Waals surface area contributed by atoms with E-state index >= 15 is 0 Å². The lowest BCUT2D eigenvalue weighted by atomic mass is 9.96. The van der Waals surface area contributed by atoms with Crippen LogP contribution < -0.4 is 4.74 Å². The molecule has 2 fully saturated rings. The van der Waals surface area contributed by atoms with Crippen molar-refractivity contribution >= 4 is 21.9 Å². The molecule has 2 saturated heterocycles. The molecule has 0 aliphatic carbocycles. The predicted molar refractivity (Wildman–Crippen MR) is 106 cm³/mol. The fourth-order valence-electron chi connectivity index (χ4n) is 3.92. The maximum atomic E-state index is 13.1. The average molecular weight is 425 g/mol. The van der Waals surface area contributed by atoms with Crippen molar-refractivity contribution in [2.45, 2.75) is 37.0 Å². The van der Waals surface area contributed by atoms with Crippen LogP contribution in [0.1, 0.15) is 42.5 Å². The van der Waals surface area contributed by atoms with E-state index in [0.717, 1.165) is 19.3 Å². The van der Waals surface area contributed by atoms with Crippen LogP contribution in [-0.4, -0.2) is 69.9 Å². The van der Waals surface area contributed by atoms with Crippen LogP contribution in [0.4, 0.5) is 0 Å². The Morgan fingerprint density at radius 3 is 2.24 bits per heavy atom. The molecule has 29 heavy (non-hydrogen) atoms. The second-order valence-corrected chi connectivity index (χ2v) is 9.35. The zero-order chi connectivity index (χ0) is 21.0. The van der Waals surface area contributed by atoms with Gasteiger partial charge in [-0.25, -0.2) is 8.42 Å². The third-order valence-electron chi connectivity index (χ3n) is 5.67. The van der Waals surface area contributed by atoms with Crippen molar-refractivity contribution in [2.75, 3.05) is 40.4 Å². The number of nitrogens with zero attached hydrogens (tertiary/aromatic N) is 2. The van der Waals surface area contributed by atoms with Gasteiger partial charge in [-0.1, -0.05) is 6.42 Å². The van der Waals surface area contributed by atoms with E-state index in [2.05, 4.69) is 0 Å². The molecule has 9 heteroatoms. The van der Waals surface area contributed by atoms with Crippen LogP contribution in [0, 0.1) is 5.92 Å². The second kappa shape index (κ2) is 9.13. The Kier molecular flexibility index (Phi) is 6.79. The number of hydrogen-bond acceptors (Lipinski definition) is 6. The topological polar surface area (TPSA) is 93.2 Å². The summed E-state index contributed by atoms with van der Waals surface area (Å²) in [4.78, 5) is 26.5. The third kappa shape index (κ3) is 4.56. The first-order valence-corrected chi connectivity index (χ1v) is 11.4. The van der Waals surface area contributed by atoms with E-state index < -0.39 is 10.0 Å². The molecule has 3 rings (SSSR count). The van der Waals surface area contributed by atoms with Gasteiger partial charge >= 0.3 is 5.97 Å². The fourth-order valence-corrected chi connectivity index (χ4v) is 5.47. The van der Waals surface area contributed by atoms with Crippen molar-refractivity contribution in [3.05, 3.63) is 23.8 Å². The van der Waals surface area contributed by atoms with E-state index in [4.69, 9.17) is 9.47 Å². The number of carbonyl (C=O) groups excluding carboxylic acids is 2. The summed E-state index contributed by atoms with van der Waals surface area (Å²) in [7, 11) is -0.838. The molecule has 160 valence electrons. The number of amides is 1.